The van der Waals surface area contributed by atoms with Crippen molar-refractivity contribution >= 4 is 42.3 Å². The highest BCUT2D eigenvalue weighted by molar-refractivity contribution is 7.80. The number of carbonyl (C=O) groups excluding carboxylic acids is 3. The normalized spacial score (nSPS) is 14.3. The van der Waals surface area contributed by atoms with Crippen LogP contribution in [0.15, 0.2) is 17.5 Å². The highest BCUT2D eigenvalue weighted by Gasteiger charge is 2.31. The van der Waals surface area contributed by atoms with E-state index in [1.54, 1.807) is 13.8 Å². The number of carbonyl (C=O) groups is 4. The molecule has 15 heteroatoms. The molecule has 14 nitrogen and oxygen atoms in total. The summed E-state index contributed by atoms with van der Waals surface area (Å²) in [7, 11) is 0. The number of H-pyrrole nitrogens is 1. The van der Waals surface area contributed by atoms with Crippen LogP contribution < -0.4 is 33.2 Å². The number of aliphatic carboxylic acids is 1. The van der Waals surface area contributed by atoms with Crippen molar-refractivity contribution < 1.29 is 24.3 Å². The van der Waals surface area contributed by atoms with Crippen LogP contribution in [0.25, 0.3) is 0 Å². The topological polar surface area (TPSA) is 244 Å². The fraction of sp³-hybridized carbons (Fsp3) is 0.600. The van der Waals surface area contributed by atoms with Gasteiger partial charge in [0.25, 0.3) is 0 Å². The van der Waals surface area contributed by atoms with Gasteiger partial charge in [-0.15, -0.1) is 0 Å². The van der Waals surface area contributed by atoms with Crippen LogP contribution in [0, 0.1) is 5.92 Å². The van der Waals surface area contributed by atoms with Crippen LogP contribution in [-0.2, 0) is 25.6 Å². The van der Waals surface area contributed by atoms with Crippen molar-refractivity contribution in [3.63, 3.8) is 0 Å². The van der Waals surface area contributed by atoms with Gasteiger partial charge in [0, 0.05) is 30.6 Å². The molecule has 4 unspecified atom stereocenters. The van der Waals surface area contributed by atoms with Gasteiger partial charge in [-0.1, -0.05) is 13.8 Å². The highest BCUT2D eigenvalue weighted by atomic mass is 32.1. The minimum atomic E-state index is -1.20. The molecule has 11 N–H and O–H groups in total. The van der Waals surface area contributed by atoms with E-state index >= 15 is 0 Å². The number of aromatic amines is 1. The summed E-state index contributed by atoms with van der Waals surface area (Å²) >= 11 is 4.12. The van der Waals surface area contributed by atoms with E-state index in [-0.39, 0.29) is 24.6 Å². The maximum Gasteiger partial charge on any atom is 0.326 e. The largest absolute Gasteiger partial charge is 0.480 e. The number of carboxylic acids is 1. The summed E-state index contributed by atoms with van der Waals surface area (Å²) in [6, 6.07) is -4.30. The molecule has 0 aliphatic rings. The van der Waals surface area contributed by atoms with Crippen LogP contribution in [0.4, 0.5) is 0 Å². The molecule has 0 aromatic carbocycles. The van der Waals surface area contributed by atoms with E-state index < -0.39 is 53.8 Å². The molecule has 0 bridgehead atoms. The van der Waals surface area contributed by atoms with E-state index in [1.165, 1.54) is 12.5 Å². The lowest BCUT2D eigenvalue weighted by Crippen LogP contribution is -2.58. The maximum absolute atomic E-state index is 12.9. The van der Waals surface area contributed by atoms with Gasteiger partial charge in [0.05, 0.1) is 12.4 Å². The molecule has 1 aromatic heterocycles. The Bertz CT molecular complexity index is 874. The third kappa shape index (κ3) is 10.6. The van der Waals surface area contributed by atoms with Crippen LogP contribution in [0.2, 0.25) is 0 Å². The zero-order chi connectivity index (χ0) is 26.5. The minimum Gasteiger partial charge on any atom is -0.480 e. The molecular weight excluding hydrogens is 478 g/mol. The summed E-state index contributed by atoms with van der Waals surface area (Å²) in [4.78, 5) is 60.2. The molecule has 0 spiro atoms. The van der Waals surface area contributed by atoms with E-state index in [9.17, 15) is 24.3 Å². The van der Waals surface area contributed by atoms with Crippen LogP contribution in [0.1, 0.15) is 32.4 Å². The van der Waals surface area contributed by atoms with Crippen molar-refractivity contribution in [3.8, 4) is 0 Å². The zero-order valence-electron chi connectivity index (χ0n) is 19.7. The minimum absolute atomic E-state index is 0.0134. The number of thiol groups is 1. The summed E-state index contributed by atoms with van der Waals surface area (Å²) < 4.78 is 0. The average Bonchev–Trinajstić information content (AvgIpc) is 3.30. The van der Waals surface area contributed by atoms with Crippen molar-refractivity contribution in [3.05, 3.63) is 18.2 Å². The second-order valence-corrected chi connectivity index (χ2v) is 8.57. The SMILES string of the molecule is CC(C)C(NC(=O)C(Cc1cnc[nH]1)NC(=O)C(CS)NC(=O)C(N)CCCN=C(N)N)C(=O)O. The van der Waals surface area contributed by atoms with Crippen LogP contribution in [0.5, 0.6) is 0 Å². The summed E-state index contributed by atoms with van der Waals surface area (Å²) in [6.45, 7) is 3.60. The van der Waals surface area contributed by atoms with Gasteiger partial charge >= 0.3 is 5.97 Å². The summed E-state index contributed by atoms with van der Waals surface area (Å²) in [5.74, 6) is -3.68. The van der Waals surface area contributed by atoms with Gasteiger partial charge in [-0.05, 0) is 18.8 Å². The smallest absolute Gasteiger partial charge is 0.326 e. The number of nitrogens with two attached hydrogens (primary N) is 3. The highest BCUT2D eigenvalue weighted by Crippen LogP contribution is 2.06. The number of hydrogen-bond acceptors (Lipinski definition) is 8. The number of nitrogens with one attached hydrogen (secondary N) is 4. The first-order valence-corrected chi connectivity index (χ1v) is 11.6. The first kappa shape index (κ1) is 29.7. The van der Waals surface area contributed by atoms with Gasteiger partial charge in [-0.2, -0.15) is 12.6 Å². The van der Waals surface area contributed by atoms with E-state index in [0.717, 1.165) is 0 Å². The third-order valence-electron chi connectivity index (χ3n) is 4.96. The van der Waals surface area contributed by atoms with E-state index in [4.69, 9.17) is 17.2 Å². The van der Waals surface area contributed by atoms with Gasteiger partial charge in [0.2, 0.25) is 17.7 Å². The number of amides is 3. The predicted octanol–water partition coefficient (Wildman–Crippen LogP) is -2.54. The molecule has 0 saturated carbocycles. The molecule has 0 saturated heterocycles. The molecule has 35 heavy (non-hydrogen) atoms. The Morgan fingerprint density at radius 3 is 2.26 bits per heavy atom. The first-order valence-electron chi connectivity index (χ1n) is 11.0. The average molecular weight is 514 g/mol. The number of aromatic nitrogens is 2. The molecule has 1 heterocycles. The Hall–Kier alpha value is -3.33. The first-order chi connectivity index (χ1) is 16.5. The molecule has 4 atom stereocenters. The standard InChI is InChI=1S/C20H35N9O5S/c1-10(2)15(19(33)34)29-17(31)13(6-11-7-24-9-26-11)27-18(32)14(8-35)28-16(30)12(21)4-3-5-25-20(22)23/h7,9-10,12-15,35H,3-6,8,21H2,1-2H3,(H,24,26)(H,27,32)(H,28,30)(H,29,31)(H,33,34)(H4,22,23,25). The molecule has 3 amide bonds. The Kier molecular flexibility index (Phi) is 12.6. The van der Waals surface area contributed by atoms with Gasteiger partial charge in [0.1, 0.15) is 18.1 Å². The van der Waals surface area contributed by atoms with E-state index in [1.807, 2.05) is 0 Å². The molecule has 0 aliphatic heterocycles. The van der Waals surface area contributed by atoms with Gasteiger partial charge in [-0.25, -0.2) is 9.78 Å². The van der Waals surface area contributed by atoms with Crippen LogP contribution in [-0.4, -0.2) is 81.2 Å². The van der Waals surface area contributed by atoms with Gasteiger partial charge in [0.15, 0.2) is 5.96 Å². The third-order valence-corrected chi connectivity index (χ3v) is 5.33. The number of aliphatic imine (C=N–C) groups is 1. The van der Waals surface area contributed by atoms with E-state index in [2.05, 4.69) is 43.5 Å². The molecule has 0 aliphatic carbocycles. The fourth-order valence-electron chi connectivity index (χ4n) is 2.99. The maximum atomic E-state index is 12.9. The Morgan fingerprint density at radius 2 is 1.74 bits per heavy atom. The summed E-state index contributed by atoms with van der Waals surface area (Å²) in [6.07, 6.45) is 3.63. The lowest BCUT2D eigenvalue weighted by atomic mass is 10.0. The predicted molar refractivity (Wildman–Crippen MR) is 132 cm³/mol. The molecule has 0 radical (unpaired) electrons. The van der Waals surface area contributed by atoms with E-state index in [0.29, 0.717) is 18.7 Å². The molecule has 1 rings (SSSR count). The second-order valence-electron chi connectivity index (χ2n) is 8.21. The number of hydrogen-bond donors (Lipinski definition) is 9. The number of nitrogens with zero attached hydrogens (tertiary/aromatic N) is 2. The van der Waals surface area contributed by atoms with Crippen LogP contribution >= 0.6 is 12.6 Å². The number of rotatable bonds is 15. The van der Waals surface area contributed by atoms with Crippen molar-refractivity contribution in [2.75, 3.05) is 12.3 Å². The van der Waals surface area contributed by atoms with Crippen molar-refractivity contribution in [2.45, 2.75) is 57.3 Å². The monoisotopic (exact) mass is 513 g/mol. The molecule has 1 aromatic rings. The van der Waals surface area contributed by atoms with Crippen LogP contribution in [0.3, 0.4) is 0 Å². The second kappa shape index (κ2) is 14.8. The zero-order valence-corrected chi connectivity index (χ0v) is 20.6. The lowest BCUT2D eigenvalue weighted by Gasteiger charge is -2.25. The van der Waals surface area contributed by atoms with Crippen molar-refractivity contribution in [1.29, 1.82) is 0 Å². The lowest BCUT2D eigenvalue weighted by molar-refractivity contribution is -0.143. The Morgan fingerprint density at radius 1 is 1.11 bits per heavy atom. The van der Waals surface area contributed by atoms with Crippen molar-refractivity contribution in [1.82, 2.24) is 25.9 Å². The Balaban J connectivity index is 2.85. The van der Waals surface area contributed by atoms with Gasteiger partial charge in [-0.3, -0.25) is 19.4 Å². The van der Waals surface area contributed by atoms with Gasteiger partial charge < -0.3 is 43.2 Å². The molecule has 0 fully saturated rings. The quantitative estimate of drug-likeness (QED) is 0.0518. The number of imidazole rings is 1. The summed E-state index contributed by atoms with van der Waals surface area (Å²) in [5.41, 5.74) is 16.9. The molecular formula is C20H35N9O5S. The van der Waals surface area contributed by atoms with Crippen molar-refractivity contribution in [2.24, 2.45) is 28.1 Å². The summed E-state index contributed by atoms with van der Waals surface area (Å²) in [5, 5.41) is 16.9. The number of carboxylic acid groups (broad SMARTS) is 1. The Labute approximate surface area is 208 Å². The number of guanidine groups is 1. The molecule has 196 valence electrons. The fourth-order valence-corrected chi connectivity index (χ4v) is 3.25.